The molecule has 0 fully saturated rings. The summed E-state index contributed by atoms with van der Waals surface area (Å²) in [7, 11) is 0.785. The molecule has 0 aliphatic carbocycles. The molecule has 0 aliphatic rings. The molecule has 2 rings (SSSR count). The summed E-state index contributed by atoms with van der Waals surface area (Å²) in [4.78, 5) is 0. The van der Waals surface area contributed by atoms with Crippen LogP contribution in [-0.2, 0) is 6.42 Å². The van der Waals surface area contributed by atoms with E-state index in [0.717, 1.165) is 8.58 Å². The zero-order valence-corrected chi connectivity index (χ0v) is 10.6. The second kappa shape index (κ2) is 5.82. The Kier molecular flexibility index (Phi) is 4.13. The van der Waals surface area contributed by atoms with Crippen molar-refractivity contribution < 1.29 is 0 Å². The predicted octanol–water partition coefficient (Wildman–Crippen LogP) is 3.27. The molecule has 0 radical (unpaired) electrons. The van der Waals surface area contributed by atoms with Crippen LogP contribution in [0.1, 0.15) is 18.9 Å². The zero-order chi connectivity index (χ0) is 11.2. The van der Waals surface area contributed by atoms with E-state index in [1.807, 2.05) is 0 Å². The number of hydrogen-bond donors (Lipinski definition) is 0. The van der Waals surface area contributed by atoms with Crippen molar-refractivity contribution in [3.05, 3.63) is 60.2 Å². The first-order valence-electron chi connectivity index (χ1n) is 5.80. The van der Waals surface area contributed by atoms with Gasteiger partial charge in [0, 0.05) is 0 Å². The molecular weight excluding hydrogens is 211 g/mol. The molecule has 1 atom stereocenters. The van der Waals surface area contributed by atoms with Gasteiger partial charge >= 0.3 is 0 Å². The van der Waals surface area contributed by atoms with Gasteiger partial charge in [-0.2, -0.15) is 0 Å². The Bertz CT molecular complexity index is 434. The highest BCUT2D eigenvalue weighted by Gasteiger charge is 2.01. The Balaban J connectivity index is 2.21. The molecular formula is C15H17P. The molecule has 0 aromatic heterocycles. The summed E-state index contributed by atoms with van der Waals surface area (Å²) >= 11 is 0. The molecule has 82 valence electrons. The van der Waals surface area contributed by atoms with E-state index < -0.39 is 0 Å². The van der Waals surface area contributed by atoms with Crippen LogP contribution in [-0.4, -0.2) is 0 Å². The quantitative estimate of drug-likeness (QED) is 0.704. The molecule has 1 heteroatoms. The first-order valence-corrected chi connectivity index (χ1v) is 6.80. The monoisotopic (exact) mass is 228 g/mol. The van der Waals surface area contributed by atoms with Crippen LogP contribution in [0.5, 0.6) is 0 Å². The largest absolute Gasteiger partial charge is 0.0651 e. The normalized spacial score (nSPS) is 11.1. The van der Waals surface area contributed by atoms with E-state index in [0.29, 0.717) is 0 Å². The average molecular weight is 228 g/mol. The molecule has 16 heavy (non-hydrogen) atoms. The van der Waals surface area contributed by atoms with E-state index in [-0.39, 0.29) is 0 Å². The van der Waals surface area contributed by atoms with Gasteiger partial charge in [0.15, 0.2) is 0 Å². The van der Waals surface area contributed by atoms with E-state index in [9.17, 15) is 0 Å². The summed E-state index contributed by atoms with van der Waals surface area (Å²) in [5.41, 5.74) is 1.51. The molecule has 0 spiro atoms. The summed E-state index contributed by atoms with van der Waals surface area (Å²) in [6.45, 7) is 2.24. The zero-order valence-electron chi connectivity index (χ0n) is 9.61. The number of rotatable bonds is 4. The lowest BCUT2D eigenvalue weighted by atomic mass is 10.1. The lowest BCUT2D eigenvalue weighted by Gasteiger charge is -2.08. The van der Waals surface area contributed by atoms with Crippen LogP contribution in [0.2, 0.25) is 0 Å². The highest BCUT2D eigenvalue weighted by molar-refractivity contribution is 7.55. The van der Waals surface area contributed by atoms with Crippen molar-refractivity contribution in [1.82, 2.24) is 0 Å². The van der Waals surface area contributed by atoms with E-state index in [4.69, 9.17) is 0 Å². The Morgan fingerprint density at radius 3 is 2.31 bits per heavy atom. The van der Waals surface area contributed by atoms with Crippen molar-refractivity contribution in [2.45, 2.75) is 19.8 Å². The van der Waals surface area contributed by atoms with Crippen molar-refractivity contribution in [1.29, 1.82) is 0 Å². The van der Waals surface area contributed by atoms with Crippen LogP contribution in [0.15, 0.2) is 54.6 Å². The van der Waals surface area contributed by atoms with Crippen LogP contribution in [0, 0.1) is 0 Å². The maximum atomic E-state index is 2.26. The van der Waals surface area contributed by atoms with Crippen LogP contribution >= 0.6 is 8.58 Å². The summed E-state index contributed by atoms with van der Waals surface area (Å²) in [5, 5.41) is 2.92. The van der Waals surface area contributed by atoms with Gasteiger partial charge in [-0.05, 0) is 22.6 Å². The highest BCUT2D eigenvalue weighted by atomic mass is 31.1. The van der Waals surface area contributed by atoms with E-state index in [1.54, 1.807) is 0 Å². The van der Waals surface area contributed by atoms with Gasteiger partial charge in [-0.3, -0.25) is 0 Å². The summed E-state index contributed by atoms with van der Waals surface area (Å²) in [6.07, 6.45) is 2.41. The van der Waals surface area contributed by atoms with Gasteiger partial charge < -0.3 is 0 Å². The minimum Gasteiger partial charge on any atom is -0.0651 e. The van der Waals surface area contributed by atoms with Crippen molar-refractivity contribution in [3.63, 3.8) is 0 Å². The Labute approximate surface area is 99.5 Å². The molecule has 0 bridgehead atoms. The van der Waals surface area contributed by atoms with Gasteiger partial charge in [0.25, 0.3) is 0 Å². The first kappa shape index (κ1) is 11.4. The lowest BCUT2D eigenvalue weighted by molar-refractivity contribution is 0.927. The van der Waals surface area contributed by atoms with E-state index in [2.05, 4.69) is 61.5 Å². The van der Waals surface area contributed by atoms with E-state index >= 15 is 0 Å². The maximum Gasteiger partial charge on any atom is -0.0194 e. The van der Waals surface area contributed by atoms with Gasteiger partial charge in [0.05, 0.1) is 0 Å². The SMILES string of the molecule is CCCc1ccccc1Pc1ccccc1. The third-order valence-electron chi connectivity index (χ3n) is 2.59. The average Bonchev–Trinajstić information content (AvgIpc) is 2.33. The third-order valence-corrected chi connectivity index (χ3v) is 3.97. The molecule has 0 saturated heterocycles. The van der Waals surface area contributed by atoms with Gasteiger partial charge in [-0.15, -0.1) is 0 Å². The minimum absolute atomic E-state index is 0.785. The van der Waals surface area contributed by atoms with Gasteiger partial charge in [-0.1, -0.05) is 76.5 Å². The molecule has 0 amide bonds. The maximum absolute atomic E-state index is 2.26. The first-order chi connectivity index (χ1) is 7.90. The van der Waals surface area contributed by atoms with Gasteiger partial charge in [-0.25, -0.2) is 0 Å². The predicted molar refractivity (Wildman–Crippen MR) is 74.5 cm³/mol. The van der Waals surface area contributed by atoms with Gasteiger partial charge in [0.2, 0.25) is 0 Å². The fraction of sp³-hybridized carbons (Fsp3) is 0.200. The van der Waals surface area contributed by atoms with E-state index in [1.165, 1.54) is 29.0 Å². The Morgan fingerprint density at radius 1 is 0.875 bits per heavy atom. The third kappa shape index (κ3) is 2.93. The molecule has 0 aliphatic heterocycles. The molecule has 0 heterocycles. The molecule has 1 unspecified atom stereocenters. The molecule has 2 aromatic rings. The van der Waals surface area contributed by atoms with Crippen molar-refractivity contribution in [3.8, 4) is 0 Å². The summed E-state index contributed by atoms with van der Waals surface area (Å²) in [6, 6.07) is 19.5. The number of hydrogen-bond acceptors (Lipinski definition) is 0. The second-order valence-corrected chi connectivity index (χ2v) is 5.26. The highest BCUT2D eigenvalue weighted by Crippen LogP contribution is 2.14. The molecule has 2 aromatic carbocycles. The molecule has 0 N–H and O–H groups in total. The Hall–Kier alpha value is -1.13. The van der Waals surface area contributed by atoms with Crippen molar-refractivity contribution in [2.24, 2.45) is 0 Å². The minimum atomic E-state index is 0.785. The standard InChI is InChI=1S/C15H17P/c1-2-8-13-9-6-7-12-15(13)16-14-10-4-3-5-11-14/h3-7,9-12,16H,2,8H2,1H3. The fourth-order valence-corrected chi connectivity index (χ4v) is 3.03. The second-order valence-electron chi connectivity index (χ2n) is 3.90. The molecule has 0 saturated carbocycles. The smallest absolute Gasteiger partial charge is 0.0194 e. The van der Waals surface area contributed by atoms with Crippen LogP contribution in [0.3, 0.4) is 0 Å². The van der Waals surface area contributed by atoms with Crippen LogP contribution in [0.25, 0.3) is 0 Å². The number of benzene rings is 2. The number of aryl methyl sites for hydroxylation is 1. The Morgan fingerprint density at radius 2 is 1.56 bits per heavy atom. The lowest BCUT2D eigenvalue weighted by Crippen LogP contribution is -2.08. The van der Waals surface area contributed by atoms with Crippen LogP contribution < -0.4 is 10.6 Å². The topological polar surface area (TPSA) is 0 Å². The van der Waals surface area contributed by atoms with Gasteiger partial charge in [0.1, 0.15) is 0 Å². The van der Waals surface area contributed by atoms with Crippen LogP contribution in [0.4, 0.5) is 0 Å². The molecule has 0 nitrogen and oxygen atoms in total. The summed E-state index contributed by atoms with van der Waals surface area (Å²) < 4.78 is 0. The van der Waals surface area contributed by atoms with Crippen molar-refractivity contribution >= 4 is 19.2 Å². The fourth-order valence-electron chi connectivity index (χ4n) is 1.81. The summed E-state index contributed by atoms with van der Waals surface area (Å²) in [5.74, 6) is 0. The van der Waals surface area contributed by atoms with Crippen molar-refractivity contribution in [2.75, 3.05) is 0 Å².